The molecule has 13 aromatic rings. The quantitative estimate of drug-likeness (QED) is 0.0897. The van der Waals surface area contributed by atoms with Crippen LogP contribution in [0.3, 0.4) is 0 Å². The van der Waals surface area contributed by atoms with Gasteiger partial charge in [0, 0.05) is 78.9 Å². The minimum atomic E-state index is -0.290. The van der Waals surface area contributed by atoms with E-state index in [4.69, 9.17) is 13.6 Å². The Bertz CT molecular complexity index is 5200. The van der Waals surface area contributed by atoms with E-state index in [2.05, 4.69) is 279 Å². The highest BCUT2D eigenvalue weighted by Gasteiger charge is 2.45. The van der Waals surface area contributed by atoms with Crippen LogP contribution in [0.4, 0.5) is 51.2 Å². The lowest BCUT2D eigenvalue weighted by Crippen LogP contribution is -2.61. The first-order chi connectivity index (χ1) is 44.7. The highest BCUT2D eigenvalue weighted by atomic mass is 16.5. The maximum absolute atomic E-state index is 6.44. The molecule has 7 heteroatoms. The van der Waals surface area contributed by atoms with E-state index < -0.39 is 0 Å². The zero-order valence-electron chi connectivity index (χ0n) is 50.8. The van der Waals surface area contributed by atoms with Crippen LogP contribution >= 0.6 is 0 Å². The summed E-state index contributed by atoms with van der Waals surface area (Å²) >= 11 is 0. The fraction of sp³-hybridized carbons (Fsp3) is 0.0714. The highest BCUT2D eigenvalue weighted by Crippen LogP contribution is 2.55. The van der Waals surface area contributed by atoms with Crippen molar-refractivity contribution in [2.75, 3.05) is 14.7 Å². The van der Waals surface area contributed by atoms with Crippen molar-refractivity contribution in [3.8, 4) is 33.8 Å². The number of benzene rings is 11. The molecule has 0 saturated heterocycles. The molecular weight excluding hydrogens is 1110 g/mol. The van der Waals surface area contributed by atoms with Crippen molar-refractivity contribution >= 4 is 113 Å². The van der Waals surface area contributed by atoms with Crippen molar-refractivity contribution in [3.63, 3.8) is 0 Å². The van der Waals surface area contributed by atoms with Crippen LogP contribution in [0.2, 0.25) is 0 Å². The van der Waals surface area contributed by atoms with Crippen LogP contribution in [0.15, 0.2) is 307 Å². The Morgan fingerprint density at radius 1 is 0.516 bits per heavy atom. The van der Waals surface area contributed by atoms with Gasteiger partial charge in [-0.15, -0.1) is 0 Å². The molecule has 1 aliphatic carbocycles. The largest absolute Gasteiger partial charge is 0.492 e. The van der Waals surface area contributed by atoms with Crippen molar-refractivity contribution in [1.82, 2.24) is 0 Å². The van der Waals surface area contributed by atoms with Crippen LogP contribution in [-0.4, -0.2) is 6.71 Å². The van der Waals surface area contributed by atoms with Gasteiger partial charge in [0.25, 0.3) is 6.71 Å². The molecule has 3 aliphatic heterocycles. The molecule has 0 saturated carbocycles. The Balaban J connectivity index is 0.895. The summed E-state index contributed by atoms with van der Waals surface area (Å²) in [5.41, 5.74) is 24.4. The summed E-state index contributed by atoms with van der Waals surface area (Å²) in [4.78, 5) is 7.49. The predicted octanol–water partition coefficient (Wildman–Crippen LogP) is 21.1. The molecule has 0 spiro atoms. The van der Waals surface area contributed by atoms with E-state index in [1.807, 2.05) is 42.7 Å². The van der Waals surface area contributed by atoms with E-state index in [0.717, 1.165) is 112 Å². The molecule has 2 atom stereocenters. The zero-order valence-corrected chi connectivity index (χ0v) is 50.8. The lowest BCUT2D eigenvalue weighted by Gasteiger charge is -2.45. The molecule has 0 amide bonds. The molecule has 2 unspecified atom stereocenters. The molecule has 17 rings (SSSR count). The number of hydrogen-bond acceptors (Lipinski definition) is 6. The Morgan fingerprint density at radius 3 is 1.89 bits per heavy atom. The van der Waals surface area contributed by atoms with E-state index >= 15 is 0 Å². The first-order valence-corrected chi connectivity index (χ1v) is 31.4. The van der Waals surface area contributed by atoms with Gasteiger partial charge < -0.3 is 28.3 Å². The number of rotatable bonds is 12. The third kappa shape index (κ3) is 8.71. The van der Waals surface area contributed by atoms with E-state index in [9.17, 15) is 0 Å². The highest BCUT2D eigenvalue weighted by molar-refractivity contribution is 7.00. The molecular formula is C84H62BN3O3. The van der Waals surface area contributed by atoms with Gasteiger partial charge in [0.2, 0.25) is 0 Å². The van der Waals surface area contributed by atoms with Gasteiger partial charge in [-0.3, -0.25) is 0 Å². The smallest absolute Gasteiger partial charge is 0.252 e. The predicted molar refractivity (Wildman–Crippen MR) is 380 cm³/mol. The van der Waals surface area contributed by atoms with E-state index in [0.29, 0.717) is 0 Å². The van der Waals surface area contributed by atoms with Crippen molar-refractivity contribution in [2.24, 2.45) is 5.92 Å². The van der Waals surface area contributed by atoms with Gasteiger partial charge in [-0.25, -0.2) is 0 Å². The topological polar surface area (TPSA) is 45.2 Å². The molecule has 4 aliphatic rings. The van der Waals surface area contributed by atoms with Crippen molar-refractivity contribution < 1.29 is 13.6 Å². The molecule has 434 valence electrons. The fourth-order valence-electron chi connectivity index (χ4n) is 14.9. The number of ether oxygens (including phenoxy) is 1. The van der Waals surface area contributed by atoms with Crippen molar-refractivity contribution in [3.05, 3.63) is 320 Å². The number of fused-ring (bicyclic) bond motifs is 11. The first kappa shape index (κ1) is 53.9. The monoisotopic (exact) mass is 1170 g/mol. The second-order valence-corrected chi connectivity index (χ2v) is 24.9. The van der Waals surface area contributed by atoms with Crippen LogP contribution in [0.25, 0.3) is 72.4 Å². The van der Waals surface area contributed by atoms with Gasteiger partial charge in [0.1, 0.15) is 23.2 Å². The number of allylic oxidation sites excluding steroid dienone is 5. The zero-order chi connectivity index (χ0) is 61.1. The Morgan fingerprint density at radius 2 is 1.14 bits per heavy atom. The maximum Gasteiger partial charge on any atom is 0.252 e. The maximum atomic E-state index is 6.44. The van der Waals surface area contributed by atoms with Crippen LogP contribution in [0.1, 0.15) is 49.1 Å². The van der Waals surface area contributed by atoms with Gasteiger partial charge in [-0.2, -0.15) is 0 Å². The average Bonchev–Trinajstić information content (AvgIpc) is 0.834. The summed E-state index contributed by atoms with van der Waals surface area (Å²) in [7, 11) is 0. The molecule has 0 N–H and O–H groups in total. The van der Waals surface area contributed by atoms with Crippen LogP contribution in [-0.2, 0) is 10.2 Å². The summed E-state index contributed by atoms with van der Waals surface area (Å²) in [6.07, 6.45) is 15.2. The fourth-order valence-corrected chi connectivity index (χ4v) is 14.9. The van der Waals surface area contributed by atoms with Gasteiger partial charge in [0.05, 0.1) is 18.2 Å². The molecule has 11 aromatic carbocycles. The first-order valence-electron chi connectivity index (χ1n) is 31.4. The lowest BCUT2D eigenvalue weighted by molar-refractivity contribution is 0.142. The van der Waals surface area contributed by atoms with Gasteiger partial charge in [-0.05, 0) is 181 Å². The Hall–Kier alpha value is -11.3. The molecule has 2 aromatic heterocycles. The summed E-state index contributed by atoms with van der Waals surface area (Å²) in [5, 5.41) is 5.85. The summed E-state index contributed by atoms with van der Waals surface area (Å²) in [6.45, 7) is 14.7. The SMILES string of the molecule is C=C/C=C\C1=COC(c2ccc(N3c4ccccc4B4c5ccccc5N(c5ccc(-c6cc(/C=C\C=C)co6)cc5)c5cc(N(c6ccc7c(c6)C(C)(C)c6ccc8ccccc8c6-7)c6ccc7cc(-c8cc9ccccc9o8)ccc7c6)cc3c54)cc2)C1C. The minimum Gasteiger partial charge on any atom is -0.492 e. The Kier molecular flexibility index (Phi) is 12.6. The number of anilines is 9. The summed E-state index contributed by atoms with van der Waals surface area (Å²) in [6, 6.07) is 87.5. The number of nitrogens with zero attached hydrogens (tertiary/aromatic N) is 3. The molecule has 0 bridgehead atoms. The average molecular weight is 1170 g/mol. The molecule has 5 heterocycles. The van der Waals surface area contributed by atoms with Gasteiger partial charge in [0.15, 0.2) is 0 Å². The van der Waals surface area contributed by atoms with Crippen LogP contribution < -0.4 is 31.1 Å². The number of hydrogen-bond donors (Lipinski definition) is 0. The van der Waals surface area contributed by atoms with Crippen molar-refractivity contribution in [2.45, 2.75) is 32.3 Å². The summed E-state index contributed by atoms with van der Waals surface area (Å²) < 4.78 is 19.0. The normalized spacial score (nSPS) is 15.8. The Labute approximate surface area is 530 Å². The molecule has 0 radical (unpaired) electrons. The molecule has 0 fully saturated rings. The molecule has 91 heavy (non-hydrogen) atoms. The van der Waals surface area contributed by atoms with E-state index in [1.165, 1.54) is 49.4 Å². The lowest BCUT2D eigenvalue weighted by atomic mass is 9.33. The van der Waals surface area contributed by atoms with Gasteiger partial charge in [-0.1, -0.05) is 198 Å². The van der Waals surface area contributed by atoms with Crippen LogP contribution in [0, 0.1) is 5.92 Å². The molecule has 6 nitrogen and oxygen atoms in total. The van der Waals surface area contributed by atoms with Crippen LogP contribution in [0.5, 0.6) is 0 Å². The second-order valence-electron chi connectivity index (χ2n) is 24.9. The number of para-hydroxylation sites is 3. The van der Waals surface area contributed by atoms with Crippen molar-refractivity contribution in [1.29, 1.82) is 0 Å². The number of furan rings is 2. The second kappa shape index (κ2) is 21.2. The van der Waals surface area contributed by atoms with E-state index in [1.54, 1.807) is 12.3 Å². The summed E-state index contributed by atoms with van der Waals surface area (Å²) in [5.74, 6) is 1.81. The standard InChI is InChI=1S/C84H62BN3O3/c1-6-8-18-54-44-79(89-51-54)56-30-36-63(37-31-56)87-74-25-15-13-23-72(74)85-73-24-14-16-26-75(73)88(64-38-32-57(33-39-64)83-53(3)62(52-90-83)19-9-7-2)77-50-67(49-76(87)82(77)85)86(65-40-34-58-45-61(29-28-59(58)46-65)80-47-60-21-11-17-27-78(60)91-80)66-41-42-69-71(48-66)84(4,5)70-43-35-55-20-10-12-22-68(55)81(69)70/h6-53,83H,1-2H2,3-5H3/b18-8-,19-9-. The van der Waals surface area contributed by atoms with Gasteiger partial charge >= 0.3 is 0 Å². The minimum absolute atomic E-state index is 0.0901. The third-order valence-electron chi connectivity index (χ3n) is 19.4. The van der Waals surface area contributed by atoms with E-state index in [-0.39, 0.29) is 24.1 Å². The third-order valence-corrected chi connectivity index (χ3v) is 19.4.